The Labute approximate surface area is 112 Å². The predicted molar refractivity (Wildman–Crippen MR) is 81.6 cm³/mol. The fourth-order valence-corrected chi connectivity index (χ4v) is 1.98. The van der Waals surface area contributed by atoms with Crippen LogP contribution in [0.15, 0.2) is 77.9 Å². The van der Waals surface area contributed by atoms with E-state index in [2.05, 4.69) is 34.8 Å². The number of nitrogens with zero attached hydrogens (tertiary/aromatic N) is 1. The smallest absolute Gasteiger partial charge is 0.0568 e. The fraction of sp³-hybridized carbons (Fsp3) is 0. The summed E-state index contributed by atoms with van der Waals surface area (Å²) >= 11 is 0. The van der Waals surface area contributed by atoms with Crippen LogP contribution in [0.25, 0.3) is 10.8 Å². The van der Waals surface area contributed by atoms with Gasteiger partial charge in [-0.2, -0.15) is 5.10 Å². The van der Waals surface area contributed by atoms with Crippen LogP contribution < -0.4 is 5.43 Å². The van der Waals surface area contributed by atoms with E-state index in [9.17, 15) is 0 Å². The van der Waals surface area contributed by atoms with Crippen LogP contribution in [-0.4, -0.2) is 6.21 Å². The fourth-order valence-electron chi connectivity index (χ4n) is 1.98. The topological polar surface area (TPSA) is 24.4 Å². The summed E-state index contributed by atoms with van der Waals surface area (Å²) in [6, 6.07) is 24.5. The Morgan fingerprint density at radius 2 is 1.47 bits per heavy atom. The van der Waals surface area contributed by atoms with Crippen LogP contribution in [0.2, 0.25) is 0 Å². The Kier molecular flexibility index (Phi) is 3.24. The molecule has 0 atom stereocenters. The number of anilines is 1. The molecule has 0 fully saturated rings. The second kappa shape index (κ2) is 5.36. The Hall–Kier alpha value is -2.61. The summed E-state index contributed by atoms with van der Waals surface area (Å²) in [6.45, 7) is 0. The van der Waals surface area contributed by atoms with E-state index in [0.717, 1.165) is 11.3 Å². The van der Waals surface area contributed by atoms with Crippen LogP contribution in [0.5, 0.6) is 0 Å². The first-order chi connectivity index (χ1) is 9.42. The Morgan fingerprint density at radius 1 is 0.737 bits per heavy atom. The lowest BCUT2D eigenvalue weighted by molar-refractivity contribution is 1.36. The summed E-state index contributed by atoms with van der Waals surface area (Å²) in [7, 11) is 0. The van der Waals surface area contributed by atoms with E-state index < -0.39 is 0 Å². The molecule has 0 spiro atoms. The molecule has 2 nitrogen and oxygen atoms in total. The van der Waals surface area contributed by atoms with E-state index in [4.69, 9.17) is 0 Å². The standard InChI is InChI=1S/C17H14N2/c1-2-6-14(7-3-1)13-18-19-17-11-10-15-8-4-5-9-16(15)12-17/h1-13,19H. The average Bonchev–Trinajstić information content (AvgIpc) is 2.48. The van der Waals surface area contributed by atoms with Gasteiger partial charge in [0.1, 0.15) is 0 Å². The van der Waals surface area contributed by atoms with Crippen molar-refractivity contribution < 1.29 is 0 Å². The van der Waals surface area contributed by atoms with Crippen molar-refractivity contribution in [1.29, 1.82) is 0 Å². The van der Waals surface area contributed by atoms with Gasteiger partial charge in [0, 0.05) is 0 Å². The lowest BCUT2D eigenvalue weighted by atomic mass is 10.1. The van der Waals surface area contributed by atoms with E-state index in [-0.39, 0.29) is 0 Å². The molecule has 0 saturated heterocycles. The highest BCUT2D eigenvalue weighted by Gasteiger charge is 1.94. The normalized spacial score (nSPS) is 10.9. The monoisotopic (exact) mass is 246 g/mol. The van der Waals surface area contributed by atoms with Crippen LogP contribution in [-0.2, 0) is 0 Å². The minimum absolute atomic E-state index is 0.992. The van der Waals surface area contributed by atoms with Gasteiger partial charge in [0.2, 0.25) is 0 Å². The van der Waals surface area contributed by atoms with E-state index in [1.807, 2.05) is 54.7 Å². The first-order valence-corrected chi connectivity index (χ1v) is 6.25. The van der Waals surface area contributed by atoms with Crippen molar-refractivity contribution >= 4 is 22.7 Å². The van der Waals surface area contributed by atoms with Gasteiger partial charge in [0.15, 0.2) is 0 Å². The van der Waals surface area contributed by atoms with Gasteiger partial charge < -0.3 is 0 Å². The maximum atomic E-state index is 4.24. The molecule has 0 radical (unpaired) electrons. The zero-order chi connectivity index (χ0) is 12.9. The molecule has 1 N–H and O–H groups in total. The van der Waals surface area contributed by atoms with Crippen LogP contribution in [0.4, 0.5) is 5.69 Å². The zero-order valence-corrected chi connectivity index (χ0v) is 10.5. The maximum absolute atomic E-state index is 4.24. The third-order valence-corrected chi connectivity index (χ3v) is 2.96. The van der Waals surface area contributed by atoms with Crippen LogP contribution in [0.1, 0.15) is 5.56 Å². The largest absolute Gasteiger partial charge is 0.278 e. The maximum Gasteiger partial charge on any atom is 0.0568 e. The molecule has 0 bridgehead atoms. The summed E-state index contributed by atoms with van der Waals surface area (Å²) < 4.78 is 0. The molecule has 0 aliphatic carbocycles. The number of fused-ring (bicyclic) bond motifs is 1. The van der Waals surface area contributed by atoms with Crippen LogP contribution in [0.3, 0.4) is 0 Å². The molecule has 0 aliphatic heterocycles. The van der Waals surface area contributed by atoms with Gasteiger partial charge in [-0.05, 0) is 28.5 Å². The van der Waals surface area contributed by atoms with Crippen molar-refractivity contribution in [2.75, 3.05) is 5.43 Å². The zero-order valence-electron chi connectivity index (χ0n) is 10.5. The summed E-state index contributed by atoms with van der Waals surface area (Å²) in [6.07, 6.45) is 1.81. The van der Waals surface area contributed by atoms with Crippen molar-refractivity contribution in [1.82, 2.24) is 0 Å². The molecular weight excluding hydrogens is 232 g/mol. The van der Waals surface area contributed by atoms with E-state index >= 15 is 0 Å². The predicted octanol–water partition coefficient (Wildman–Crippen LogP) is 4.29. The van der Waals surface area contributed by atoms with Gasteiger partial charge in [-0.3, -0.25) is 5.43 Å². The minimum Gasteiger partial charge on any atom is -0.278 e. The highest BCUT2D eigenvalue weighted by Crippen LogP contribution is 2.18. The number of benzene rings is 3. The van der Waals surface area contributed by atoms with Gasteiger partial charge in [-0.25, -0.2) is 0 Å². The van der Waals surface area contributed by atoms with E-state index in [1.54, 1.807) is 0 Å². The average molecular weight is 246 g/mol. The molecule has 3 aromatic rings. The molecule has 92 valence electrons. The van der Waals surface area contributed by atoms with Gasteiger partial charge in [0.25, 0.3) is 0 Å². The molecule has 0 aliphatic rings. The van der Waals surface area contributed by atoms with Crippen molar-refractivity contribution in [2.24, 2.45) is 5.10 Å². The van der Waals surface area contributed by atoms with E-state index in [0.29, 0.717) is 0 Å². The number of hydrazone groups is 1. The number of hydrogen-bond donors (Lipinski definition) is 1. The Morgan fingerprint density at radius 3 is 2.32 bits per heavy atom. The number of nitrogens with one attached hydrogen (secondary N) is 1. The van der Waals surface area contributed by atoms with Crippen molar-refractivity contribution in [2.45, 2.75) is 0 Å². The third kappa shape index (κ3) is 2.80. The van der Waals surface area contributed by atoms with Gasteiger partial charge in [-0.1, -0.05) is 60.7 Å². The summed E-state index contributed by atoms with van der Waals surface area (Å²) in [4.78, 5) is 0. The molecule has 0 heterocycles. The highest BCUT2D eigenvalue weighted by molar-refractivity contribution is 5.86. The molecule has 2 heteroatoms. The lowest BCUT2D eigenvalue weighted by Crippen LogP contribution is -1.90. The molecule has 0 aromatic heterocycles. The minimum atomic E-state index is 0.992. The van der Waals surface area contributed by atoms with E-state index in [1.165, 1.54) is 10.8 Å². The summed E-state index contributed by atoms with van der Waals surface area (Å²) in [5.74, 6) is 0. The molecule has 19 heavy (non-hydrogen) atoms. The first-order valence-electron chi connectivity index (χ1n) is 6.25. The Bertz CT molecular complexity index is 703. The van der Waals surface area contributed by atoms with Crippen molar-refractivity contribution in [3.63, 3.8) is 0 Å². The summed E-state index contributed by atoms with van der Waals surface area (Å²) in [5, 5.41) is 6.69. The van der Waals surface area contributed by atoms with Crippen LogP contribution in [0, 0.1) is 0 Å². The van der Waals surface area contributed by atoms with Crippen molar-refractivity contribution in [3.8, 4) is 0 Å². The quantitative estimate of drug-likeness (QED) is 0.541. The second-order valence-corrected chi connectivity index (χ2v) is 4.34. The highest BCUT2D eigenvalue weighted by atomic mass is 15.3. The molecule has 0 unspecified atom stereocenters. The summed E-state index contributed by atoms with van der Waals surface area (Å²) in [5.41, 5.74) is 5.13. The number of hydrogen-bond acceptors (Lipinski definition) is 2. The molecular formula is C17H14N2. The van der Waals surface area contributed by atoms with Crippen molar-refractivity contribution in [3.05, 3.63) is 78.4 Å². The molecule has 3 aromatic carbocycles. The molecule has 3 rings (SSSR count). The molecule has 0 amide bonds. The van der Waals surface area contributed by atoms with Gasteiger partial charge in [0.05, 0.1) is 11.9 Å². The SMILES string of the molecule is C(=NNc1ccc2ccccc2c1)c1ccccc1. The van der Waals surface area contributed by atoms with Gasteiger partial charge >= 0.3 is 0 Å². The molecule has 0 saturated carbocycles. The van der Waals surface area contributed by atoms with Crippen LogP contribution >= 0.6 is 0 Å². The number of rotatable bonds is 3. The lowest BCUT2D eigenvalue weighted by Gasteiger charge is -2.02. The Balaban J connectivity index is 1.77. The first kappa shape index (κ1) is 11.5. The third-order valence-electron chi connectivity index (χ3n) is 2.96. The van der Waals surface area contributed by atoms with Gasteiger partial charge in [-0.15, -0.1) is 0 Å². The second-order valence-electron chi connectivity index (χ2n) is 4.34.